The standard InChI is InChI=1S/C41H60N2O8S2/c1-39(32-42,20-19-35(44)49-28-27-48-26-25-47-4)30-40(2,37(45)50-24-23-43-21-13-5-6-14-22-43)31-41(3,53-36(52)34-17-11-8-12-18-34)38(46)51-29-33-15-9-7-10-16-33/h7-12,15-18H,5-6,13-14,19-32,42H2,1-4H3. The number of hydrogen-bond acceptors (Lipinski definition) is 12. The molecule has 1 aliphatic rings. The first-order chi connectivity index (χ1) is 25.4. The molecular weight excluding hydrogens is 713 g/mol. The summed E-state index contributed by atoms with van der Waals surface area (Å²) >= 11 is 7.11. The van der Waals surface area contributed by atoms with E-state index in [0.29, 0.717) is 30.4 Å². The van der Waals surface area contributed by atoms with Gasteiger partial charge < -0.3 is 29.4 Å². The second kappa shape index (κ2) is 23.1. The van der Waals surface area contributed by atoms with E-state index in [0.717, 1.165) is 37.1 Å². The van der Waals surface area contributed by atoms with Crippen molar-refractivity contribution in [2.24, 2.45) is 16.6 Å². The molecule has 10 nitrogen and oxygen atoms in total. The largest absolute Gasteiger partial charge is 0.464 e. The number of thiocarbonyl (C=S) groups is 1. The Balaban J connectivity index is 1.85. The Kier molecular flexibility index (Phi) is 19.4. The lowest BCUT2D eigenvalue weighted by Gasteiger charge is -2.41. The van der Waals surface area contributed by atoms with Crippen molar-refractivity contribution in [3.63, 3.8) is 0 Å². The van der Waals surface area contributed by atoms with E-state index in [9.17, 15) is 14.4 Å². The second-order valence-corrected chi connectivity index (χ2v) is 16.9. The van der Waals surface area contributed by atoms with Crippen LogP contribution in [0.4, 0.5) is 0 Å². The summed E-state index contributed by atoms with van der Waals surface area (Å²) in [6, 6.07) is 19.0. The minimum Gasteiger partial charge on any atom is -0.464 e. The van der Waals surface area contributed by atoms with Crippen LogP contribution in [0.3, 0.4) is 0 Å². The van der Waals surface area contributed by atoms with Crippen molar-refractivity contribution < 1.29 is 38.1 Å². The SMILES string of the molecule is COCCOCCOC(=O)CCC(C)(CN)CC(C)(CC(C)(SC(=S)c1ccccc1)C(=O)OCc1ccccc1)C(=O)OCCN1CCCCCC1. The minimum absolute atomic E-state index is 0.0622. The van der Waals surface area contributed by atoms with E-state index in [1.807, 2.05) is 74.5 Å². The van der Waals surface area contributed by atoms with Crippen molar-refractivity contribution in [1.82, 2.24) is 4.90 Å². The topological polar surface area (TPSA) is 127 Å². The van der Waals surface area contributed by atoms with Crippen LogP contribution in [0.1, 0.15) is 83.3 Å². The number of carbonyl (C=O) groups is 3. The lowest BCUT2D eigenvalue weighted by atomic mass is 9.67. The summed E-state index contributed by atoms with van der Waals surface area (Å²) in [5.74, 6) is -1.28. The molecule has 294 valence electrons. The molecule has 2 aromatic rings. The molecule has 1 saturated heterocycles. The van der Waals surface area contributed by atoms with Gasteiger partial charge in [-0.15, -0.1) is 0 Å². The van der Waals surface area contributed by atoms with Crippen LogP contribution in [-0.4, -0.2) is 98.1 Å². The van der Waals surface area contributed by atoms with Gasteiger partial charge in [-0.25, -0.2) is 0 Å². The maximum absolute atomic E-state index is 14.4. The van der Waals surface area contributed by atoms with E-state index >= 15 is 0 Å². The van der Waals surface area contributed by atoms with Crippen molar-refractivity contribution in [2.45, 2.75) is 83.5 Å². The lowest BCUT2D eigenvalue weighted by molar-refractivity contribution is -0.160. The van der Waals surface area contributed by atoms with Crippen molar-refractivity contribution in [1.29, 1.82) is 0 Å². The molecule has 0 aliphatic carbocycles. The number of methoxy groups -OCH3 is 1. The molecule has 0 radical (unpaired) electrons. The predicted molar refractivity (Wildman–Crippen MR) is 214 cm³/mol. The Hall–Kier alpha value is -2.87. The number of nitrogens with zero attached hydrogens (tertiary/aromatic N) is 1. The van der Waals surface area contributed by atoms with Crippen LogP contribution in [-0.2, 0) is 44.7 Å². The molecule has 1 heterocycles. The lowest BCUT2D eigenvalue weighted by Crippen LogP contribution is -2.47. The Morgan fingerprint density at radius 1 is 0.792 bits per heavy atom. The third kappa shape index (κ3) is 15.8. The van der Waals surface area contributed by atoms with Crippen LogP contribution in [0.15, 0.2) is 60.7 Å². The monoisotopic (exact) mass is 772 g/mol. The van der Waals surface area contributed by atoms with E-state index in [2.05, 4.69) is 4.90 Å². The Bertz CT molecular complexity index is 1410. The van der Waals surface area contributed by atoms with Crippen LogP contribution < -0.4 is 5.73 Å². The van der Waals surface area contributed by atoms with Crippen LogP contribution in [0.5, 0.6) is 0 Å². The van der Waals surface area contributed by atoms with E-state index in [-0.39, 0.29) is 58.2 Å². The molecule has 0 saturated carbocycles. The van der Waals surface area contributed by atoms with E-state index in [4.69, 9.17) is 41.6 Å². The number of ether oxygens (including phenoxy) is 5. The number of benzene rings is 2. The fourth-order valence-electron chi connectivity index (χ4n) is 6.76. The summed E-state index contributed by atoms with van der Waals surface area (Å²) in [5, 5.41) is 0. The quantitative estimate of drug-likeness (QED) is 0.0556. The number of hydrogen-bond donors (Lipinski definition) is 1. The highest BCUT2D eigenvalue weighted by Gasteiger charge is 2.50. The Labute approximate surface area is 326 Å². The number of carbonyl (C=O) groups excluding carboxylic acids is 3. The highest BCUT2D eigenvalue weighted by Crippen LogP contribution is 2.47. The van der Waals surface area contributed by atoms with Gasteiger partial charge >= 0.3 is 17.9 Å². The molecule has 53 heavy (non-hydrogen) atoms. The van der Waals surface area contributed by atoms with Crippen LogP contribution >= 0.6 is 24.0 Å². The molecule has 3 rings (SSSR count). The van der Waals surface area contributed by atoms with Crippen molar-refractivity contribution >= 4 is 46.1 Å². The molecule has 1 fully saturated rings. The molecule has 0 amide bonds. The zero-order chi connectivity index (χ0) is 38.6. The van der Waals surface area contributed by atoms with E-state index in [1.54, 1.807) is 14.0 Å². The maximum Gasteiger partial charge on any atom is 0.322 e. The first kappa shape index (κ1) is 44.5. The fourth-order valence-corrected chi connectivity index (χ4v) is 8.64. The van der Waals surface area contributed by atoms with Gasteiger partial charge in [0.15, 0.2) is 0 Å². The molecule has 12 heteroatoms. The van der Waals surface area contributed by atoms with Gasteiger partial charge in [0, 0.05) is 20.1 Å². The number of thioether (sulfide) groups is 1. The van der Waals surface area contributed by atoms with Crippen molar-refractivity contribution in [3.05, 3.63) is 71.8 Å². The molecule has 0 aromatic heterocycles. The van der Waals surface area contributed by atoms with Gasteiger partial charge in [0.1, 0.15) is 24.6 Å². The minimum atomic E-state index is -1.28. The van der Waals surface area contributed by atoms with Gasteiger partial charge in [-0.1, -0.05) is 104 Å². The van der Waals surface area contributed by atoms with Gasteiger partial charge in [-0.2, -0.15) is 0 Å². The number of esters is 3. The highest BCUT2D eigenvalue weighted by atomic mass is 32.2. The van der Waals surface area contributed by atoms with E-state index < -0.39 is 27.5 Å². The third-order valence-corrected chi connectivity index (χ3v) is 11.4. The van der Waals surface area contributed by atoms with Gasteiger partial charge in [-0.05, 0) is 82.1 Å². The molecule has 2 aromatic carbocycles. The third-order valence-electron chi connectivity index (χ3n) is 9.70. The van der Waals surface area contributed by atoms with Gasteiger partial charge in [-0.3, -0.25) is 19.3 Å². The summed E-state index contributed by atoms with van der Waals surface area (Å²) in [6.07, 6.45) is 5.48. The maximum atomic E-state index is 14.4. The van der Waals surface area contributed by atoms with E-state index in [1.165, 1.54) is 24.6 Å². The average molecular weight is 773 g/mol. The summed E-state index contributed by atoms with van der Waals surface area (Å²) in [5.41, 5.74) is 6.18. The van der Waals surface area contributed by atoms with Crippen molar-refractivity contribution in [3.8, 4) is 0 Å². The molecule has 0 bridgehead atoms. The molecule has 3 atom stereocenters. The normalized spacial score (nSPS) is 17.0. The second-order valence-electron chi connectivity index (χ2n) is 14.7. The number of nitrogens with two attached hydrogens (primary N) is 1. The molecule has 3 unspecified atom stereocenters. The molecule has 0 spiro atoms. The summed E-state index contributed by atoms with van der Waals surface area (Å²) in [7, 11) is 1.59. The summed E-state index contributed by atoms with van der Waals surface area (Å²) < 4.78 is 27.0. The van der Waals surface area contributed by atoms with Crippen LogP contribution in [0.2, 0.25) is 0 Å². The van der Waals surface area contributed by atoms with Gasteiger partial charge in [0.05, 0.1) is 29.4 Å². The van der Waals surface area contributed by atoms with Gasteiger partial charge in [0.2, 0.25) is 0 Å². The molecule has 1 aliphatic heterocycles. The summed E-state index contributed by atoms with van der Waals surface area (Å²) in [6.45, 7) is 9.96. The first-order valence-corrected chi connectivity index (χ1v) is 20.0. The average Bonchev–Trinajstić information content (AvgIpc) is 3.44. The predicted octanol–water partition coefficient (Wildman–Crippen LogP) is 6.75. The smallest absolute Gasteiger partial charge is 0.322 e. The van der Waals surface area contributed by atoms with Crippen LogP contribution in [0.25, 0.3) is 0 Å². The highest BCUT2D eigenvalue weighted by molar-refractivity contribution is 8.25. The number of likely N-dealkylation sites (tertiary alicyclic amines) is 1. The zero-order valence-electron chi connectivity index (χ0n) is 32.1. The summed E-state index contributed by atoms with van der Waals surface area (Å²) in [4.78, 5) is 43.7. The molecular formula is C41H60N2O8S2. The molecule has 2 N–H and O–H groups in total. The first-order valence-electron chi connectivity index (χ1n) is 18.7. The Morgan fingerprint density at radius 2 is 1.43 bits per heavy atom. The Morgan fingerprint density at radius 3 is 2.08 bits per heavy atom. The van der Waals surface area contributed by atoms with Crippen molar-refractivity contribution in [2.75, 3.05) is 66.3 Å². The van der Waals surface area contributed by atoms with Gasteiger partial charge in [0.25, 0.3) is 0 Å². The zero-order valence-corrected chi connectivity index (χ0v) is 33.7. The van der Waals surface area contributed by atoms with Crippen LogP contribution in [0, 0.1) is 10.8 Å². The number of rotatable bonds is 23. The fraction of sp³-hybridized carbons (Fsp3) is 0.610.